The van der Waals surface area contributed by atoms with Crippen LogP contribution in [0, 0.1) is 11.3 Å². The molecule has 0 aliphatic carbocycles. The van der Waals surface area contributed by atoms with Crippen LogP contribution in [0.3, 0.4) is 0 Å². The molecule has 0 aromatic heterocycles. The van der Waals surface area contributed by atoms with Crippen LogP contribution in [0.25, 0.3) is 0 Å². The number of nitrogens with zero attached hydrogens (tertiary/aromatic N) is 2. The Hall–Kier alpha value is -1.47. The van der Waals surface area contributed by atoms with Gasteiger partial charge >= 0.3 is 12.1 Å². The van der Waals surface area contributed by atoms with Gasteiger partial charge in [0.05, 0.1) is 17.5 Å². The summed E-state index contributed by atoms with van der Waals surface area (Å²) in [4.78, 5) is 23.0. The van der Waals surface area contributed by atoms with Gasteiger partial charge in [-0.05, 0) is 19.3 Å². The Labute approximate surface area is 148 Å². The van der Waals surface area contributed by atoms with Crippen LogP contribution in [0.4, 0.5) is 13.2 Å². The lowest BCUT2D eigenvalue weighted by atomic mass is 10.2. The van der Waals surface area contributed by atoms with Gasteiger partial charge in [0, 0.05) is 12.3 Å². The monoisotopic (exact) mass is 381 g/mol. The van der Waals surface area contributed by atoms with Gasteiger partial charge in [-0.2, -0.15) is 18.4 Å². The maximum absolute atomic E-state index is 12.3. The Morgan fingerprint density at radius 2 is 2.08 bits per heavy atom. The van der Waals surface area contributed by atoms with Crippen molar-refractivity contribution >= 4 is 23.6 Å². The molecule has 2 saturated heterocycles. The summed E-state index contributed by atoms with van der Waals surface area (Å²) in [6.45, 7) is 2.93. The maximum atomic E-state index is 12.3. The molecule has 0 radical (unpaired) electrons. The average Bonchev–Trinajstić information content (AvgIpc) is 3.20. The molecule has 0 aromatic carbocycles. The molecule has 2 fully saturated rings. The summed E-state index contributed by atoms with van der Waals surface area (Å²) < 4.78 is 31.7. The van der Waals surface area contributed by atoms with Gasteiger partial charge in [-0.3, -0.25) is 10.1 Å². The SMILES string of the molecule is CCCCC1N[C@H](C(=O)N2CCC[C@H]2C#N)CS1.O=C(O)C(F)(F)F. The molecule has 10 heteroatoms. The van der Waals surface area contributed by atoms with Gasteiger partial charge in [0.1, 0.15) is 6.04 Å². The fraction of sp³-hybridized carbons (Fsp3) is 0.800. The van der Waals surface area contributed by atoms with E-state index in [1.54, 1.807) is 4.90 Å². The molecule has 0 bridgehead atoms. The number of nitrogens with one attached hydrogen (secondary N) is 1. The highest BCUT2D eigenvalue weighted by atomic mass is 32.2. The summed E-state index contributed by atoms with van der Waals surface area (Å²) in [5, 5.41) is 20.0. The van der Waals surface area contributed by atoms with E-state index in [4.69, 9.17) is 15.2 Å². The summed E-state index contributed by atoms with van der Waals surface area (Å²) in [6.07, 6.45) is 0.243. The number of hydrogen-bond acceptors (Lipinski definition) is 5. The molecular weight excluding hydrogens is 359 g/mol. The Morgan fingerprint density at radius 3 is 2.60 bits per heavy atom. The number of halogens is 3. The van der Waals surface area contributed by atoms with Crippen molar-refractivity contribution < 1.29 is 27.9 Å². The molecule has 3 atom stereocenters. The van der Waals surface area contributed by atoms with Crippen LogP contribution >= 0.6 is 11.8 Å². The number of amides is 1. The predicted molar refractivity (Wildman–Crippen MR) is 86.7 cm³/mol. The van der Waals surface area contributed by atoms with Gasteiger partial charge in [0.2, 0.25) is 5.91 Å². The second-order valence-corrected chi connectivity index (χ2v) is 7.04. The smallest absolute Gasteiger partial charge is 0.475 e. The minimum absolute atomic E-state index is 0.0780. The van der Waals surface area contributed by atoms with Crippen molar-refractivity contribution in [2.75, 3.05) is 12.3 Å². The highest BCUT2D eigenvalue weighted by Gasteiger charge is 2.38. The number of carbonyl (C=O) groups is 2. The largest absolute Gasteiger partial charge is 0.490 e. The van der Waals surface area contributed by atoms with Crippen molar-refractivity contribution in [3.05, 3.63) is 0 Å². The number of aliphatic carboxylic acids is 1. The van der Waals surface area contributed by atoms with Gasteiger partial charge in [0.25, 0.3) is 0 Å². The Morgan fingerprint density at radius 1 is 1.44 bits per heavy atom. The molecular formula is C15H22F3N3O3S. The third-order valence-electron chi connectivity index (χ3n) is 3.90. The van der Waals surface area contributed by atoms with Gasteiger partial charge in [0.15, 0.2) is 0 Å². The average molecular weight is 381 g/mol. The summed E-state index contributed by atoms with van der Waals surface area (Å²) >= 11 is 1.84. The fourth-order valence-electron chi connectivity index (χ4n) is 2.60. The molecule has 2 aliphatic rings. The van der Waals surface area contributed by atoms with Crippen LogP contribution in [0.15, 0.2) is 0 Å². The molecule has 2 aliphatic heterocycles. The molecule has 2 rings (SSSR count). The lowest BCUT2D eigenvalue weighted by molar-refractivity contribution is -0.192. The number of carboxylic acid groups (broad SMARTS) is 1. The number of nitriles is 1. The van der Waals surface area contributed by atoms with E-state index in [1.807, 2.05) is 11.8 Å². The molecule has 6 nitrogen and oxygen atoms in total. The Kier molecular flexibility index (Phi) is 8.52. The second kappa shape index (κ2) is 9.87. The van der Waals surface area contributed by atoms with E-state index in [1.165, 1.54) is 12.8 Å². The number of likely N-dealkylation sites (tertiary alicyclic amines) is 1. The number of hydrogen-bond donors (Lipinski definition) is 2. The molecule has 142 valence electrons. The van der Waals surface area contributed by atoms with Crippen LogP contribution in [-0.2, 0) is 9.59 Å². The molecule has 1 unspecified atom stereocenters. The standard InChI is InChI=1S/C13H21N3OS.C2HF3O2/c1-2-3-6-12-15-11(9-18-12)13(17)16-7-4-5-10(16)8-14;3-2(4,5)1(6)7/h10-12,15H,2-7,9H2,1H3;(H,6,7)/t10-,11-,12?;/m0./s1. The minimum Gasteiger partial charge on any atom is -0.475 e. The Bertz CT molecular complexity index is 510. The lowest BCUT2D eigenvalue weighted by Crippen LogP contribution is -2.47. The van der Waals surface area contributed by atoms with E-state index >= 15 is 0 Å². The molecule has 0 saturated carbocycles. The van der Waals surface area contributed by atoms with Crippen LogP contribution in [-0.4, -0.2) is 57.8 Å². The van der Waals surface area contributed by atoms with Crippen LogP contribution in [0.1, 0.15) is 39.0 Å². The van der Waals surface area contributed by atoms with Crippen molar-refractivity contribution in [1.29, 1.82) is 5.26 Å². The molecule has 1 amide bonds. The van der Waals surface area contributed by atoms with Gasteiger partial charge in [-0.15, -0.1) is 11.8 Å². The van der Waals surface area contributed by atoms with E-state index in [2.05, 4.69) is 18.3 Å². The van der Waals surface area contributed by atoms with E-state index in [0.717, 1.165) is 31.6 Å². The van der Waals surface area contributed by atoms with E-state index in [-0.39, 0.29) is 18.0 Å². The first-order valence-corrected chi connectivity index (χ1v) is 9.13. The molecule has 0 spiro atoms. The second-order valence-electron chi connectivity index (χ2n) is 5.81. The number of carboxylic acids is 1. The first kappa shape index (κ1) is 21.6. The number of alkyl halides is 3. The summed E-state index contributed by atoms with van der Waals surface area (Å²) in [7, 11) is 0. The fourth-order valence-corrected chi connectivity index (χ4v) is 3.85. The number of carbonyl (C=O) groups excluding carboxylic acids is 1. The zero-order valence-corrected chi connectivity index (χ0v) is 14.7. The predicted octanol–water partition coefficient (Wildman–Crippen LogP) is 2.36. The van der Waals surface area contributed by atoms with Crippen LogP contribution in [0.5, 0.6) is 0 Å². The van der Waals surface area contributed by atoms with Crippen molar-refractivity contribution in [2.24, 2.45) is 0 Å². The summed E-state index contributed by atoms with van der Waals surface area (Å²) in [6, 6.07) is 1.96. The van der Waals surface area contributed by atoms with E-state index in [0.29, 0.717) is 5.37 Å². The normalized spacial score (nSPS) is 25.9. The number of rotatable bonds is 4. The first-order valence-electron chi connectivity index (χ1n) is 8.08. The molecule has 2 N–H and O–H groups in total. The van der Waals surface area contributed by atoms with Crippen molar-refractivity contribution in [2.45, 2.75) is 62.7 Å². The van der Waals surface area contributed by atoms with Crippen LogP contribution in [0.2, 0.25) is 0 Å². The maximum Gasteiger partial charge on any atom is 0.490 e. The highest BCUT2D eigenvalue weighted by Crippen LogP contribution is 2.26. The van der Waals surface area contributed by atoms with Crippen molar-refractivity contribution in [3.63, 3.8) is 0 Å². The third-order valence-corrected chi connectivity index (χ3v) is 5.20. The minimum atomic E-state index is -5.08. The number of thioether (sulfide) groups is 1. The van der Waals surface area contributed by atoms with E-state index in [9.17, 15) is 18.0 Å². The highest BCUT2D eigenvalue weighted by molar-refractivity contribution is 8.00. The summed E-state index contributed by atoms with van der Waals surface area (Å²) in [5.41, 5.74) is 0. The van der Waals surface area contributed by atoms with Gasteiger partial charge in [-0.25, -0.2) is 4.79 Å². The quantitative estimate of drug-likeness (QED) is 0.777. The Balaban J connectivity index is 0.000000381. The van der Waals surface area contributed by atoms with E-state index < -0.39 is 12.1 Å². The molecule has 0 aromatic rings. The zero-order valence-electron chi connectivity index (χ0n) is 13.9. The summed E-state index contributed by atoms with van der Waals surface area (Å²) in [5.74, 6) is -1.78. The van der Waals surface area contributed by atoms with Gasteiger partial charge < -0.3 is 10.0 Å². The van der Waals surface area contributed by atoms with Crippen LogP contribution < -0.4 is 5.32 Å². The molecule has 2 heterocycles. The number of unbranched alkanes of at least 4 members (excludes halogenated alkanes) is 1. The molecule has 25 heavy (non-hydrogen) atoms. The lowest BCUT2D eigenvalue weighted by Gasteiger charge is -2.23. The third kappa shape index (κ3) is 6.74. The first-order chi connectivity index (χ1) is 11.7. The van der Waals surface area contributed by atoms with Crippen molar-refractivity contribution in [3.8, 4) is 6.07 Å². The van der Waals surface area contributed by atoms with Crippen molar-refractivity contribution in [1.82, 2.24) is 10.2 Å². The van der Waals surface area contributed by atoms with Gasteiger partial charge in [-0.1, -0.05) is 19.8 Å². The zero-order chi connectivity index (χ0) is 19.0. The topological polar surface area (TPSA) is 93.4 Å².